The second-order valence-corrected chi connectivity index (χ2v) is 4.98. The van der Waals surface area contributed by atoms with E-state index in [0.29, 0.717) is 0 Å². The van der Waals surface area contributed by atoms with Crippen LogP contribution < -0.4 is 0 Å². The van der Waals surface area contributed by atoms with Crippen molar-refractivity contribution in [3.8, 4) is 11.1 Å². The Labute approximate surface area is 116 Å². The van der Waals surface area contributed by atoms with E-state index in [-0.39, 0.29) is 0 Å². The molecule has 2 rings (SSSR count). The van der Waals surface area contributed by atoms with E-state index < -0.39 is 0 Å². The third-order valence-electron chi connectivity index (χ3n) is 3.78. The van der Waals surface area contributed by atoms with Crippen LogP contribution >= 0.6 is 0 Å². The molecular weight excluding hydrogens is 228 g/mol. The van der Waals surface area contributed by atoms with Crippen LogP contribution in [0.25, 0.3) is 17.2 Å². The summed E-state index contributed by atoms with van der Waals surface area (Å²) in [5, 5.41) is 0. The fourth-order valence-corrected chi connectivity index (χ4v) is 2.59. The highest BCUT2D eigenvalue weighted by Gasteiger charge is 2.11. The molecule has 0 aliphatic rings. The van der Waals surface area contributed by atoms with Gasteiger partial charge in [-0.25, -0.2) is 0 Å². The van der Waals surface area contributed by atoms with E-state index in [4.69, 9.17) is 0 Å². The van der Waals surface area contributed by atoms with E-state index in [1.165, 1.54) is 33.4 Å². The smallest absolute Gasteiger partial charge is 0.0106 e. The van der Waals surface area contributed by atoms with Gasteiger partial charge in [-0.15, -0.1) is 0 Å². The van der Waals surface area contributed by atoms with E-state index in [9.17, 15) is 0 Å². The summed E-state index contributed by atoms with van der Waals surface area (Å²) >= 11 is 0. The zero-order chi connectivity index (χ0) is 13.8. The molecule has 0 spiro atoms. The molecule has 0 amide bonds. The van der Waals surface area contributed by atoms with Crippen molar-refractivity contribution in [3.05, 3.63) is 64.7 Å². The molecule has 0 aliphatic heterocycles. The number of rotatable bonds is 3. The summed E-state index contributed by atoms with van der Waals surface area (Å²) in [6, 6.07) is 13.2. The third-order valence-corrected chi connectivity index (χ3v) is 3.78. The van der Waals surface area contributed by atoms with Crippen LogP contribution in [0.4, 0.5) is 0 Å². The Hall–Kier alpha value is -1.82. The summed E-state index contributed by atoms with van der Waals surface area (Å²) in [7, 11) is 0. The Balaban J connectivity index is 2.74. The lowest BCUT2D eigenvalue weighted by Gasteiger charge is -2.16. The highest BCUT2D eigenvalue weighted by atomic mass is 14.2. The van der Waals surface area contributed by atoms with Gasteiger partial charge in [0.2, 0.25) is 0 Å². The number of aryl methyl sites for hydroxylation is 2. The van der Waals surface area contributed by atoms with Crippen molar-refractivity contribution in [2.24, 2.45) is 0 Å². The van der Waals surface area contributed by atoms with Crippen molar-refractivity contribution in [3.63, 3.8) is 0 Å². The van der Waals surface area contributed by atoms with Crippen molar-refractivity contribution in [2.75, 3.05) is 0 Å². The molecule has 0 unspecified atom stereocenters. The van der Waals surface area contributed by atoms with Crippen LogP contribution in [0.3, 0.4) is 0 Å². The first-order chi connectivity index (χ1) is 9.19. The van der Waals surface area contributed by atoms with Crippen molar-refractivity contribution in [1.82, 2.24) is 0 Å². The van der Waals surface area contributed by atoms with Crippen molar-refractivity contribution < 1.29 is 0 Å². The maximum Gasteiger partial charge on any atom is -0.0106 e. The van der Waals surface area contributed by atoms with Gasteiger partial charge in [0.15, 0.2) is 0 Å². The zero-order valence-corrected chi connectivity index (χ0v) is 12.3. The SMILES string of the molecule is C/C=C\c1ccccc1-c1c(CC)ccc(C)c1C. The summed E-state index contributed by atoms with van der Waals surface area (Å²) in [5.74, 6) is 0. The monoisotopic (exact) mass is 250 g/mol. The molecule has 0 saturated heterocycles. The second-order valence-electron chi connectivity index (χ2n) is 4.98. The van der Waals surface area contributed by atoms with Gasteiger partial charge < -0.3 is 0 Å². The lowest BCUT2D eigenvalue weighted by molar-refractivity contribution is 1.13. The van der Waals surface area contributed by atoms with Crippen molar-refractivity contribution >= 4 is 6.08 Å². The Morgan fingerprint density at radius 3 is 2.42 bits per heavy atom. The first kappa shape index (κ1) is 13.6. The number of hydrogen-bond donors (Lipinski definition) is 0. The molecule has 0 aromatic heterocycles. The van der Waals surface area contributed by atoms with E-state index >= 15 is 0 Å². The van der Waals surface area contributed by atoms with Gasteiger partial charge in [0.05, 0.1) is 0 Å². The first-order valence-corrected chi connectivity index (χ1v) is 7.00. The lowest BCUT2D eigenvalue weighted by atomic mass is 9.88. The summed E-state index contributed by atoms with van der Waals surface area (Å²) in [5.41, 5.74) is 8.25. The maximum absolute atomic E-state index is 2.27. The number of allylic oxidation sites excluding steroid dienone is 1. The minimum Gasteiger partial charge on any atom is -0.0870 e. The molecular formula is C19H22. The standard InChI is InChI=1S/C19H22/c1-5-9-17-10-7-8-11-18(17)19-15(4)14(3)12-13-16(19)6-2/h5,7-13H,6H2,1-4H3/b9-5-. The Morgan fingerprint density at radius 2 is 1.74 bits per heavy atom. The minimum atomic E-state index is 1.07. The predicted octanol–water partition coefficient (Wildman–Crippen LogP) is 5.57. The maximum atomic E-state index is 2.27. The van der Waals surface area contributed by atoms with Gasteiger partial charge >= 0.3 is 0 Å². The fourth-order valence-electron chi connectivity index (χ4n) is 2.59. The topological polar surface area (TPSA) is 0 Å². The van der Waals surface area contributed by atoms with Gasteiger partial charge in [-0.05, 0) is 60.6 Å². The molecule has 0 aliphatic carbocycles. The molecule has 0 radical (unpaired) electrons. The van der Waals surface area contributed by atoms with Crippen LogP contribution in [0.15, 0.2) is 42.5 Å². The highest BCUT2D eigenvalue weighted by Crippen LogP contribution is 2.33. The van der Waals surface area contributed by atoms with E-state index in [0.717, 1.165) is 6.42 Å². The van der Waals surface area contributed by atoms with Crippen LogP contribution in [0.2, 0.25) is 0 Å². The Morgan fingerprint density at radius 1 is 1.00 bits per heavy atom. The molecule has 0 nitrogen and oxygen atoms in total. The lowest BCUT2D eigenvalue weighted by Crippen LogP contribution is -1.96. The highest BCUT2D eigenvalue weighted by molar-refractivity contribution is 5.80. The summed E-state index contributed by atoms with van der Waals surface area (Å²) < 4.78 is 0. The van der Waals surface area contributed by atoms with Gasteiger partial charge in [-0.1, -0.05) is 55.5 Å². The fraction of sp³-hybridized carbons (Fsp3) is 0.263. The zero-order valence-electron chi connectivity index (χ0n) is 12.3. The summed E-state index contributed by atoms with van der Waals surface area (Å²) in [6.07, 6.45) is 5.37. The summed E-state index contributed by atoms with van der Waals surface area (Å²) in [6.45, 7) is 8.72. The van der Waals surface area contributed by atoms with E-state index in [1.54, 1.807) is 0 Å². The molecule has 0 atom stereocenters. The quantitative estimate of drug-likeness (QED) is 0.668. The molecule has 0 saturated carbocycles. The molecule has 98 valence electrons. The average molecular weight is 250 g/mol. The normalized spacial score (nSPS) is 11.2. The predicted molar refractivity (Wildman–Crippen MR) is 85.4 cm³/mol. The Kier molecular flexibility index (Phi) is 4.21. The van der Waals surface area contributed by atoms with Crippen LogP contribution in [-0.2, 0) is 6.42 Å². The third kappa shape index (κ3) is 2.63. The van der Waals surface area contributed by atoms with Crippen molar-refractivity contribution in [1.29, 1.82) is 0 Å². The van der Waals surface area contributed by atoms with Crippen molar-refractivity contribution in [2.45, 2.75) is 34.1 Å². The van der Waals surface area contributed by atoms with Gasteiger partial charge in [0.1, 0.15) is 0 Å². The molecule has 0 fully saturated rings. The van der Waals surface area contributed by atoms with Crippen LogP contribution in [-0.4, -0.2) is 0 Å². The number of benzene rings is 2. The van der Waals surface area contributed by atoms with Gasteiger partial charge in [-0.3, -0.25) is 0 Å². The van der Waals surface area contributed by atoms with E-state index in [1.807, 2.05) is 0 Å². The molecule has 2 aromatic carbocycles. The first-order valence-electron chi connectivity index (χ1n) is 7.00. The van der Waals surface area contributed by atoms with E-state index in [2.05, 4.69) is 76.2 Å². The second kappa shape index (κ2) is 5.88. The average Bonchev–Trinajstić information content (AvgIpc) is 2.43. The van der Waals surface area contributed by atoms with Crippen LogP contribution in [0.5, 0.6) is 0 Å². The Bertz CT molecular complexity index is 603. The largest absolute Gasteiger partial charge is 0.0870 e. The number of hydrogen-bond acceptors (Lipinski definition) is 0. The molecule has 0 heterocycles. The summed E-state index contributed by atoms with van der Waals surface area (Å²) in [4.78, 5) is 0. The minimum absolute atomic E-state index is 1.07. The van der Waals surface area contributed by atoms with Crippen LogP contribution in [0.1, 0.15) is 36.1 Å². The molecule has 0 bridgehead atoms. The molecule has 0 N–H and O–H groups in total. The molecule has 2 aromatic rings. The van der Waals surface area contributed by atoms with Crippen LogP contribution in [0, 0.1) is 13.8 Å². The molecule has 0 heteroatoms. The van der Waals surface area contributed by atoms with Gasteiger partial charge in [0.25, 0.3) is 0 Å². The van der Waals surface area contributed by atoms with Gasteiger partial charge in [-0.2, -0.15) is 0 Å². The molecule has 19 heavy (non-hydrogen) atoms. The van der Waals surface area contributed by atoms with Gasteiger partial charge in [0, 0.05) is 0 Å².